The van der Waals surface area contributed by atoms with E-state index < -0.39 is 5.76 Å². The summed E-state index contributed by atoms with van der Waals surface area (Å²) in [7, 11) is 0. The Kier molecular flexibility index (Phi) is 4.46. The van der Waals surface area contributed by atoms with Gasteiger partial charge in [0, 0.05) is 18.2 Å². The second kappa shape index (κ2) is 6.92. The van der Waals surface area contributed by atoms with E-state index >= 15 is 0 Å². The van der Waals surface area contributed by atoms with Crippen molar-refractivity contribution < 1.29 is 9.21 Å². The summed E-state index contributed by atoms with van der Waals surface area (Å²) < 4.78 is 6.43. The minimum Gasteiger partial charge on any atom is -0.387 e. The van der Waals surface area contributed by atoms with Crippen LogP contribution in [0.3, 0.4) is 0 Å². The number of carbonyl (C=O) groups is 1. The molecule has 0 fully saturated rings. The topological polar surface area (TPSA) is 68.3 Å². The van der Waals surface area contributed by atoms with Crippen LogP contribution >= 0.6 is 11.3 Å². The van der Waals surface area contributed by atoms with Crippen molar-refractivity contribution in [3.8, 4) is 10.8 Å². The molecule has 3 aromatic rings. The Hall–Kier alpha value is -2.67. The summed E-state index contributed by atoms with van der Waals surface area (Å²) in [6.45, 7) is 2.27. The number of hydrogen-bond donors (Lipinski definition) is 0. The summed E-state index contributed by atoms with van der Waals surface area (Å²) in [4.78, 5) is 27.5. The highest BCUT2D eigenvalue weighted by Crippen LogP contribution is 2.31. The van der Waals surface area contributed by atoms with Crippen molar-refractivity contribution in [3.05, 3.63) is 57.9 Å². The predicted octanol–water partition coefficient (Wildman–Crippen LogP) is 3.32. The molecule has 4 rings (SSSR count). The zero-order valence-corrected chi connectivity index (χ0v) is 15.2. The molecule has 1 aromatic carbocycles. The number of fused-ring (bicyclic) bond motifs is 1. The lowest BCUT2D eigenvalue weighted by Gasteiger charge is -2.35. The fraction of sp³-hybridized carbons (Fsp3) is 0.316. The highest BCUT2D eigenvalue weighted by molar-refractivity contribution is 7.13. The third kappa shape index (κ3) is 3.10. The number of aromatic nitrogens is 2. The van der Waals surface area contributed by atoms with Gasteiger partial charge in [-0.15, -0.1) is 16.4 Å². The van der Waals surface area contributed by atoms with E-state index in [2.05, 4.69) is 18.1 Å². The Morgan fingerprint density at radius 1 is 1.31 bits per heavy atom. The Labute approximate surface area is 154 Å². The molecule has 0 unspecified atom stereocenters. The third-order valence-electron chi connectivity index (χ3n) is 4.67. The number of anilines is 1. The molecule has 1 amide bonds. The summed E-state index contributed by atoms with van der Waals surface area (Å²) in [5.41, 5.74) is 2.17. The molecule has 6 nitrogen and oxygen atoms in total. The van der Waals surface area contributed by atoms with Crippen LogP contribution in [0.25, 0.3) is 10.8 Å². The molecule has 0 saturated carbocycles. The van der Waals surface area contributed by atoms with E-state index in [9.17, 15) is 9.59 Å². The van der Waals surface area contributed by atoms with E-state index in [4.69, 9.17) is 4.42 Å². The van der Waals surface area contributed by atoms with E-state index in [1.54, 1.807) is 0 Å². The number of amides is 1. The standard InChI is InChI=1S/C19H19N3O3S/c1-13-8-9-14-5-2-3-6-15(14)22(13)17(23)10-11-21-19(24)25-18(20-21)16-7-4-12-26-16/h2-7,12-13H,8-11H2,1H3/t13-/m0/s1. The van der Waals surface area contributed by atoms with Crippen molar-refractivity contribution in [2.24, 2.45) is 0 Å². The number of hydrogen-bond acceptors (Lipinski definition) is 5. The van der Waals surface area contributed by atoms with Crippen molar-refractivity contribution in [2.75, 3.05) is 4.90 Å². The largest absolute Gasteiger partial charge is 0.437 e. The SMILES string of the molecule is C[C@H]1CCc2ccccc2N1C(=O)CCn1nc(-c2cccs2)oc1=O. The monoisotopic (exact) mass is 369 g/mol. The van der Waals surface area contributed by atoms with E-state index in [0.29, 0.717) is 5.89 Å². The Morgan fingerprint density at radius 2 is 2.15 bits per heavy atom. The number of thiophene rings is 1. The zero-order chi connectivity index (χ0) is 18.1. The van der Waals surface area contributed by atoms with Gasteiger partial charge in [0.2, 0.25) is 5.91 Å². The minimum absolute atomic E-state index is 0.00257. The van der Waals surface area contributed by atoms with Gasteiger partial charge in [-0.25, -0.2) is 4.79 Å². The highest BCUT2D eigenvalue weighted by atomic mass is 32.1. The van der Waals surface area contributed by atoms with Crippen molar-refractivity contribution in [1.82, 2.24) is 9.78 Å². The Morgan fingerprint density at radius 3 is 2.96 bits per heavy atom. The smallest absolute Gasteiger partial charge is 0.387 e. The molecule has 0 aliphatic carbocycles. The van der Waals surface area contributed by atoms with Crippen molar-refractivity contribution in [2.45, 2.75) is 38.8 Å². The molecule has 2 aromatic heterocycles. The molecule has 1 atom stereocenters. The molecule has 0 radical (unpaired) electrons. The normalized spacial score (nSPS) is 16.5. The van der Waals surface area contributed by atoms with Gasteiger partial charge in [0.25, 0.3) is 5.89 Å². The zero-order valence-electron chi connectivity index (χ0n) is 14.4. The lowest BCUT2D eigenvalue weighted by molar-refractivity contribution is -0.119. The van der Waals surface area contributed by atoms with Crippen LogP contribution in [-0.2, 0) is 17.8 Å². The molecule has 1 aliphatic rings. The van der Waals surface area contributed by atoms with Crippen molar-refractivity contribution in [1.29, 1.82) is 0 Å². The number of para-hydroxylation sites is 1. The van der Waals surface area contributed by atoms with Crippen LogP contribution in [0.5, 0.6) is 0 Å². The maximum absolute atomic E-state index is 12.8. The fourth-order valence-corrected chi connectivity index (χ4v) is 3.98. The second-order valence-corrected chi connectivity index (χ2v) is 7.35. The van der Waals surface area contributed by atoms with Gasteiger partial charge in [-0.05, 0) is 42.8 Å². The number of aryl methyl sites for hydroxylation is 2. The van der Waals surface area contributed by atoms with Gasteiger partial charge in [0.15, 0.2) is 0 Å². The molecule has 7 heteroatoms. The quantitative estimate of drug-likeness (QED) is 0.707. The molecule has 134 valence electrons. The highest BCUT2D eigenvalue weighted by Gasteiger charge is 2.27. The van der Waals surface area contributed by atoms with Gasteiger partial charge in [-0.2, -0.15) is 4.68 Å². The molecule has 3 heterocycles. The summed E-state index contributed by atoms with van der Waals surface area (Å²) in [5, 5.41) is 6.11. The average Bonchev–Trinajstić information content (AvgIpc) is 3.29. The summed E-state index contributed by atoms with van der Waals surface area (Å²) in [5.74, 6) is -0.236. The molecule has 26 heavy (non-hydrogen) atoms. The first-order chi connectivity index (χ1) is 12.6. The van der Waals surface area contributed by atoms with Crippen LogP contribution in [0.1, 0.15) is 25.3 Å². The number of rotatable bonds is 4. The van der Waals surface area contributed by atoms with Crippen LogP contribution < -0.4 is 10.7 Å². The summed E-state index contributed by atoms with van der Waals surface area (Å²) in [6, 6.07) is 11.9. The second-order valence-electron chi connectivity index (χ2n) is 6.40. The maximum Gasteiger partial charge on any atom is 0.437 e. The fourth-order valence-electron chi connectivity index (χ4n) is 3.34. The first-order valence-electron chi connectivity index (χ1n) is 8.65. The van der Waals surface area contributed by atoms with Crippen LogP contribution in [-0.4, -0.2) is 21.7 Å². The first kappa shape index (κ1) is 16.8. The van der Waals surface area contributed by atoms with Gasteiger partial charge >= 0.3 is 5.76 Å². The lowest BCUT2D eigenvalue weighted by Crippen LogP contribution is -2.42. The molecule has 0 bridgehead atoms. The number of nitrogens with zero attached hydrogens (tertiary/aromatic N) is 3. The van der Waals surface area contributed by atoms with Gasteiger partial charge in [0.1, 0.15) is 0 Å². The molecular weight excluding hydrogens is 350 g/mol. The molecule has 0 N–H and O–H groups in total. The van der Waals surface area contributed by atoms with Gasteiger partial charge in [-0.1, -0.05) is 24.3 Å². The Balaban J connectivity index is 1.50. The summed E-state index contributed by atoms with van der Waals surface area (Å²) >= 11 is 1.45. The van der Waals surface area contributed by atoms with E-state index in [-0.39, 0.29) is 24.9 Å². The Bertz CT molecular complexity index is 974. The van der Waals surface area contributed by atoms with Gasteiger partial charge in [0.05, 0.1) is 11.4 Å². The van der Waals surface area contributed by atoms with Crippen molar-refractivity contribution >= 4 is 22.9 Å². The molecule has 0 spiro atoms. The lowest BCUT2D eigenvalue weighted by atomic mass is 9.96. The summed E-state index contributed by atoms with van der Waals surface area (Å²) in [6.07, 6.45) is 2.12. The van der Waals surface area contributed by atoms with Crippen LogP contribution in [0, 0.1) is 0 Å². The molecule has 1 aliphatic heterocycles. The van der Waals surface area contributed by atoms with E-state index in [0.717, 1.165) is 23.4 Å². The van der Waals surface area contributed by atoms with E-state index in [1.807, 2.05) is 40.6 Å². The third-order valence-corrected chi connectivity index (χ3v) is 5.53. The minimum atomic E-state index is -0.534. The number of benzene rings is 1. The molecular formula is C19H19N3O3S. The van der Waals surface area contributed by atoms with Crippen LogP contribution in [0.4, 0.5) is 5.69 Å². The molecule has 0 saturated heterocycles. The number of carbonyl (C=O) groups excluding carboxylic acids is 1. The average molecular weight is 369 g/mol. The van der Waals surface area contributed by atoms with Crippen LogP contribution in [0.15, 0.2) is 51.0 Å². The van der Waals surface area contributed by atoms with Gasteiger partial charge in [-0.3, -0.25) is 4.79 Å². The van der Waals surface area contributed by atoms with Gasteiger partial charge < -0.3 is 9.32 Å². The predicted molar refractivity (Wildman–Crippen MR) is 100 cm³/mol. The van der Waals surface area contributed by atoms with Crippen LogP contribution in [0.2, 0.25) is 0 Å². The van der Waals surface area contributed by atoms with E-state index in [1.165, 1.54) is 21.6 Å². The first-order valence-corrected chi connectivity index (χ1v) is 9.53. The van der Waals surface area contributed by atoms with Crippen molar-refractivity contribution in [3.63, 3.8) is 0 Å². The maximum atomic E-state index is 12.8.